The van der Waals surface area contributed by atoms with Crippen molar-refractivity contribution in [1.82, 2.24) is 4.90 Å². The number of likely N-dealkylation sites (N-methyl/N-ethyl adjacent to an activating group) is 1. The summed E-state index contributed by atoms with van der Waals surface area (Å²) in [5, 5.41) is 0. The van der Waals surface area contributed by atoms with Gasteiger partial charge in [-0.2, -0.15) is 0 Å². The molecule has 0 aromatic carbocycles. The number of rotatable bonds is 4. The van der Waals surface area contributed by atoms with Crippen molar-refractivity contribution in [2.24, 2.45) is 0 Å². The van der Waals surface area contributed by atoms with E-state index in [1.165, 1.54) is 0 Å². The molecule has 0 spiro atoms. The molecule has 0 N–H and O–H groups in total. The Morgan fingerprint density at radius 1 is 1.10 bits per heavy atom. The first-order valence-corrected chi connectivity index (χ1v) is 3.60. The van der Waals surface area contributed by atoms with Crippen molar-refractivity contribution in [2.75, 3.05) is 7.05 Å². The van der Waals surface area contributed by atoms with E-state index in [1.807, 2.05) is 12.2 Å². The lowest BCUT2D eigenvalue weighted by Crippen LogP contribution is -2.34. The lowest BCUT2D eigenvalue weighted by molar-refractivity contribution is 0.263. The van der Waals surface area contributed by atoms with E-state index < -0.39 is 0 Å². The molecule has 0 heterocycles. The van der Waals surface area contributed by atoms with Gasteiger partial charge < -0.3 is 0 Å². The van der Waals surface area contributed by atoms with E-state index in [4.69, 9.17) is 0 Å². The van der Waals surface area contributed by atoms with E-state index in [2.05, 4.69) is 39.0 Å². The topological polar surface area (TPSA) is 3.24 Å². The number of hydrogen-bond acceptors (Lipinski definition) is 1. The average molecular weight is 139 g/mol. The Kier molecular flexibility index (Phi) is 4.05. The Morgan fingerprint density at radius 2 is 1.40 bits per heavy atom. The fourth-order valence-corrected chi connectivity index (χ4v) is 0.703. The van der Waals surface area contributed by atoms with Crippen LogP contribution in [-0.2, 0) is 0 Å². The third-order valence-electron chi connectivity index (χ3n) is 1.97. The van der Waals surface area contributed by atoms with E-state index in [-0.39, 0.29) is 0 Å². The van der Waals surface area contributed by atoms with Gasteiger partial charge in [0.2, 0.25) is 0 Å². The van der Waals surface area contributed by atoms with Crippen molar-refractivity contribution in [3.63, 3.8) is 0 Å². The van der Waals surface area contributed by atoms with Crippen molar-refractivity contribution >= 4 is 0 Å². The van der Waals surface area contributed by atoms with Crippen LogP contribution < -0.4 is 0 Å². The molecule has 0 amide bonds. The van der Waals surface area contributed by atoms with E-state index >= 15 is 0 Å². The van der Waals surface area contributed by atoms with Crippen molar-refractivity contribution in [2.45, 2.75) is 25.9 Å². The summed E-state index contributed by atoms with van der Waals surface area (Å²) in [5.41, 5.74) is 0. The van der Waals surface area contributed by atoms with Crippen LogP contribution in [0.15, 0.2) is 25.3 Å². The molecule has 0 aliphatic carbocycles. The summed E-state index contributed by atoms with van der Waals surface area (Å²) < 4.78 is 0. The van der Waals surface area contributed by atoms with Gasteiger partial charge in [0, 0.05) is 12.1 Å². The molecule has 0 saturated carbocycles. The molecule has 10 heavy (non-hydrogen) atoms. The van der Waals surface area contributed by atoms with Crippen molar-refractivity contribution in [3.8, 4) is 0 Å². The third kappa shape index (κ3) is 2.36. The van der Waals surface area contributed by atoms with Crippen LogP contribution in [0, 0.1) is 0 Å². The Hall–Kier alpha value is -0.560. The highest BCUT2D eigenvalue weighted by Gasteiger charge is 2.08. The first kappa shape index (κ1) is 9.44. The fourth-order valence-electron chi connectivity index (χ4n) is 0.703. The summed E-state index contributed by atoms with van der Waals surface area (Å²) in [6.07, 6.45) is 3.86. The molecule has 2 unspecified atom stereocenters. The monoisotopic (exact) mass is 139 g/mol. The van der Waals surface area contributed by atoms with E-state index in [1.54, 1.807) is 0 Å². The zero-order valence-corrected chi connectivity index (χ0v) is 7.17. The van der Waals surface area contributed by atoms with E-state index in [9.17, 15) is 0 Å². The van der Waals surface area contributed by atoms with Gasteiger partial charge in [-0.3, -0.25) is 4.90 Å². The van der Waals surface area contributed by atoms with Crippen LogP contribution in [0.1, 0.15) is 13.8 Å². The molecule has 0 rings (SSSR count). The predicted molar refractivity (Wildman–Crippen MR) is 47.1 cm³/mol. The first-order chi connectivity index (χ1) is 4.63. The predicted octanol–water partition coefficient (Wildman–Crippen LogP) is 2.07. The van der Waals surface area contributed by atoms with Crippen LogP contribution in [-0.4, -0.2) is 24.0 Å². The molecule has 2 atom stereocenters. The van der Waals surface area contributed by atoms with Crippen LogP contribution in [0.3, 0.4) is 0 Å². The van der Waals surface area contributed by atoms with Gasteiger partial charge in [-0.25, -0.2) is 0 Å². The molecule has 0 aliphatic heterocycles. The second-order valence-electron chi connectivity index (χ2n) is 2.62. The molecule has 1 heteroatoms. The molecule has 0 saturated heterocycles. The highest BCUT2D eigenvalue weighted by Crippen LogP contribution is 2.02. The van der Waals surface area contributed by atoms with Crippen LogP contribution >= 0.6 is 0 Å². The van der Waals surface area contributed by atoms with Gasteiger partial charge in [0.05, 0.1) is 0 Å². The third-order valence-corrected chi connectivity index (χ3v) is 1.97. The van der Waals surface area contributed by atoms with Gasteiger partial charge in [0.1, 0.15) is 0 Å². The van der Waals surface area contributed by atoms with Crippen LogP contribution in [0.4, 0.5) is 0 Å². The standard InChI is InChI=1S/C9H17N/c1-6-8(3)10(5)9(4)7-2/h6-9H,1-2H2,3-5H3. The van der Waals surface area contributed by atoms with Gasteiger partial charge in [0.15, 0.2) is 0 Å². The van der Waals surface area contributed by atoms with Crippen molar-refractivity contribution in [1.29, 1.82) is 0 Å². The Balaban J connectivity index is 3.91. The average Bonchev–Trinajstić information content (AvgIpc) is 2.00. The van der Waals surface area contributed by atoms with E-state index in [0.717, 1.165) is 0 Å². The zero-order valence-electron chi connectivity index (χ0n) is 7.17. The minimum absolute atomic E-state index is 0.424. The molecule has 0 aromatic heterocycles. The largest absolute Gasteiger partial charge is 0.294 e. The molecule has 0 fully saturated rings. The van der Waals surface area contributed by atoms with Gasteiger partial charge in [0.25, 0.3) is 0 Å². The van der Waals surface area contributed by atoms with Gasteiger partial charge in [-0.05, 0) is 20.9 Å². The summed E-state index contributed by atoms with van der Waals surface area (Å²) in [6, 6.07) is 0.848. The van der Waals surface area contributed by atoms with Crippen molar-refractivity contribution < 1.29 is 0 Å². The number of nitrogens with zero attached hydrogens (tertiary/aromatic N) is 1. The normalized spacial score (nSPS) is 16.4. The summed E-state index contributed by atoms with van der Waals surface area (Å²) in [5.74, 6) is 0. The van der Waals surface area contributed by atoms with E-state index in [0.29, 0.717) is 12.1 Å². The molecular formula is C9H17N. The maximum absolute atomic E-state index is 3.72. The minimum atomic E-state index is 0.424. The highest BCUT2D eigenvalue weighted by molar-refractivity contribution is 4.90. The Bertz CT molecular complexity index is 104. The minimum Gasteiger partial charge on any atom is -0.294 e. The summed E-state index contributed by atoms with van der Waals surface area (Å²) in [6.45, 7) is 11.7. The van der Waals surface area contributed by atoms with Crippen LogP contribution in [0.5, 0.6) is 0 Å². The molecule has 0 bridgehead atoms. The quantitative estimate of drug-likeness (QED) is 0.539. The molecule has 0 aliphatic rings. The molecule has 1 nitrogen and oxygen atoms in total. The van der Waals surface area contributed by atoms with Crippen LogP contribution in [0.2, 0.25) is 0 Å². The molecule has 58 valence electrons. The summed E-state index contributed by atoms with van der Waals surface area (Å²) in [7, 11) is 2.07. The van der Waals surface area contributed by atoms with Crippen molar-refractivity contribution in [3.05, 3.63) is 25.3 Å². The SMILES string of the molecule is C=CC(C)N(C)C(C)C=C. The Labute approximate surface area is 64.0 Å². The summed E-state index contributed by atoms with van der Waals surface area (Å²) >= 11 is 0. The smallest absolute Gasteiger partial charge is 0.0250 e. The second-order valence-corrected chi connectivity index (χ2v) is 2.62. The highest BCUT2D eigenvalue weighted by atomic mass is 15.1. The first-order valence-electron chi connectivity index (χ1n) is 3.60. The van der Waals surface area contributed by atoms with Gasteiger partial charge in [-0.1, -0.05) is 12.2 Å². The lowest BCUT2D eigenvalue weighted by Gasteiger charge is -2.26. The maximum Gasteiger partial charge on any atom is 0.0250 e. The molecule has 0 aromatic rings. The van der Waals surface area contributed by atoms with Crippen LogP contribution in [0.25, 0.3) is 0 Å². The fraction of sp³-hybridized carbons (Fsp3) is 0.556. The second kappa shape index (κ2) is 4.29. The zero-order chi connectivity index (χ0) is 8.15. The summed E-state index contributed by atoms with van der Waals surface area (Å²) in [4.78, 5) is 2.21. The van der Waals surface area contributed by atoms with Gasteiger partial charge >= 0.3 is 0 Å². The Morgan fingerprint density at radius 3 is 1.60 bits per heavy atom. The number of hydrogen-bond donors (Lipinski definition) is 0. The van der Waals surface area contributed by atoms with Gasteiger partial charge in [-0.15, -0.1) is 13.2 Å². The maximum atomic E-state index is 3.72. The molecular weight excluding hydrogens is 122 g/mol. The lowest BCUT2D eigenvalue weighted by atomic mass is 10.2. The molecule has 0 radical (unpaired) electrons.